The summed E-state index contributed by atoms with van der Waals surface area (Å²) in [6.45, 7) is 8.41. The van der Waals surface area contributed by atoms with Crippen molar-refractivity contribution in [1.82, 2.24) is 0 Å². The van der Waals surface area contributed by atoms with Crippen molar-refractivity contribution in [1.29, 1.82) is 0 Å². The van der Waals surface area contributed by atoms with E-state index in [4.69, 9.17) is 4.74 Å². The first-order chi connectivity index (χ1) is 8.86. The molecule has 0 saturated heterocycles. The molecule has 1 aromatic carbocycles. The van der Waals surface area contributed by atoms with Gasteiger partial charge >= 0.3 is 0 Å². The van der Waals surface area contributed by atoms with E-state index >= 15 is 0 Å². The smallest absolute Gasteiger partial charge is 0.276 e. The minimum absolute atomic E-state index is 0.104. The normalized spacial score (nSPS) is 12.5. The third-order valence-corrected chi connectivity index (χ3v) is 3.79. The van der Waals surface area contributed by atoms with Gasteiger partial charge in [0.05, 0.1) is 17.6 Å². The maximum absolute atomic E-state index is 10.9. The van der Waals surface area contributed by atoms with Gasteiger partial charge in [0, 0.05) is 11.5 Å². The predicted molar refractivity (Wildman–Crippen MR) is 80.2 cm³/mol. The number of nitro benzene ring substituents is 1. The predicted octanol–water partition coefficient (Wildman–Crippen LogP) is 3.79. The van der Waals surface area contributed by atoms with Crippen molar-refractivity contribution < 1.29 is 9.66 Å². The fourth-order valence-electron chi connectivity index (χ4n) is 1.83. The zero-order valence-electron chi connectivity index (χ0n) is 11.8. The van der Waals surface area contributed by atoms with Crippen LogP contribution in [-0.2, 0) is 0 Å². The van der Waals surface area contributed by atoms with Gasteiger partial charge in [-0.3, -0.25) is 10.1 Å². The Kier molecular flexibility index (Phi) is 5.66. The second-order valence-corrected chi connectivity index (χ2v) is 5.52. The van der Waals surface area contributed by atoms with Gasteiger partial charge < -0.3 is 4.74 Å². The Morgan fingerprint density at radius 1 is 1.32 bits per heavy atom. The summed E-state index contributed by atoms with van der Waals surface area (Å²) in [4.78, 5) is 10.6. The highest BCUT2D eigenvalue weighted by atomic mass is 32.1. The van der Waals surface area contributed by atoms with Crippen LogP contribution in [0.2, 0.25) is 0 Å². The maximum Gasteiger partial charge on any atom is 0.276 e. The Hall–Kier alpha value is -1.23. The van der Waals surface area contributed by atoms with E-state index in [1.54, 1.807) is 13.0 Å². The van der Waals surface area contributed by atoms with Gasteiger partial charge in [0.15, 0.2) is 0 Å². The van der Waals surface area contributed by atoms with E-state index < -0.39 is 0 Å². The molecule has 0 N–H and O–H groups in total. The van der Waals surface area contributed by atoms with Gasteiger partial charge in [-0.25, -0.2) is 0 Å². The molecule has 1 aromatic rings. The Labute approximate surface area is 119 Å². The number of hydrogen-bond donors (Lipinski definition) is 1. The molecule has 0 saturated carbocycles. The number of nitrogens with zero attached hydrogens (tertiary/aromatic N) is 1. The minimum atomic E-state index is -0.375. The van der Waals surface area contributed by atoms with Crippen LogP contribution in [0.3, 0.4) is 0 Å². The molecule has 19 heavy (non-hydrogen) atoms. The van der Waals surface area contributed by atoms with Crippen LogP contribution >= 0.6 is 12.6 Å². The molecule has 4 nitrogen and oxygen atoms in total. The van der Waals surface area contributed by atoms with Crippen LogP contribution in [0.5, 0.6) is 5.75 Å². The zero-order chi connectivity index (χ0) is 14.6. The van der Waals surface area contributed by atoms with E-state index in [2.05, 4.69) is 26.5 Å². The lowest BCUT2D eigenvalue weighted by atomic mass is 9.99. The number of ether oxygens (including phenoxy) is 1. The number of rotatable bonds is 6. The molecule has 1 rings (SSSR count). The van der Waals surface area contributed by atoms with Crippen LogP contribution in [0.15, 0.2) is 12.1 Å². The molecule has 0 aliphatic rings. The molecule has 0 aromatic heterocycles. The van der Waals surface area contributed by atoms with Crippen molar-refractivity contribution in [2.24, 2.45) is 11.8 Å². The Balaban J connectivity index is 2.89. The molecular weight excluding hydrogens is 262 g/mol. The largest absolute Gasteiger partial charge is 0.493 e. The van der Waals surface area contributed by atoms with Gasteiger partial charge in [0.25, 0.3) is 5.69 Å². The average molecular weight is 283 g/mol. The van der Waals surface area contributed by atoms with Gasteiger partial charge in [0.1, 0.15) is 5.75 Å². The van der Waals surface area contributed by atoms with E-state index in [0.717, 1.165) is 11.3 Å². The lowest BCUT2D eigenvalue weighted by Gasteiger charge is -2.20. The monoisotopic (exact) mass is 283 g/mol. The molecule has 5 heteroatoms. The van der Waals surface area contributed by atoms with Crippen LogP contribution in [0.1, 0.15) is 25.0 Å². The van der Waals surface area contributed by atoms with Gasteiger partial charge in [-0.2, -0.15) is 12.6 Å². The van der Waals surface area contributed by atoms with Crippen LogP contribution in [0.25, 0.3) is 0 Å². The van der Waals surface area contributed by atoms with E-state index in [-0.39, 0.29) is 10.6 Å². The molecule has 1 unspecified atom stereocenters. The van der Waals surface area contributed by atoms with Gasteiger partial charge in [0.2, 0.25) is 0 Å². The third kappa shape index (κ3) is 4.13. The molecule has 0 bridgehead atoms. The van der Waals surface area contributed by atoms with E-state index in [1.165, 1.54) is 6.07 Å². The molecule has 0 spiro atoms. The summed E-state index contributed by atoms with van der Waals surface area (Å²) in [5.41, 5.74) is 1.68. The fourth-order valence-corrected chi connectivity index (χ4v) is 2.35. The van der Waals surface area contributed by atoms with Crippen LogP contribution in [-0.4, -0.2) is 17.3 Å². The van der Waals surface area contributed by atoms with Crippen LogP contribution in [0, 0.1) is 35.8 Å². The highest BCUT2D eigenvalue weighted by molar-refractivity contribution is 7.80. The Morgan fingerprint density at radius 3 is 2.42 bits per heavy atom. The standard InChI is InChI=1S/C14H21NO3S/c1-9(2)12(8-19)7-18-14-6-13(15(16)17)10(3)5-11(14)4/h5-6,9,12,19H,7-8H2,1-4H3. The van der Waals surface area contributed by atoms with Crippen molar-refractivity contribution >= 4 is 18.3 Å². The molecule has 0 aliphatic heterocycles. The molecule has 1 atom stereocenters. The van der Waals surface area contributed by atoms with Gasteiger partial charge in [-0.05, 0) is 37.1 Å². The second-order valence-electron chi connectivity index (χ2n) is 5.16. The maximum atomic E-state index is 10.9. The molecule has 0 amide bonds. The molecular formula is C14H21NO3S. The van der Waals surface area contributed by atoms with Crippen molar-refractivity contribution in [3.63, 3.8) is 0 Å². The summed E-state index contributed by atoms with van der Waals surface area (Å²) >= 11 is 4.31. The van der Waals surface area contributed by atoms with E-state index in [0.29, 0.717) is 29.8 Å². The lowest BCUT2D eigenvalue weighted by Crippen LogP contribution is -2.19. The first-order valence-corrected chi connectivity index (χ1v) is 6.99. The summed E-state index contributed by atoms with van der Waals surface area (Å²) in [7, 11) is 0. The fraction of sp³-hybridized carbons (Fsp3) is 0.571. The number of aryl methyl sites for hydroxylation is 2. The topological polar surface area (TPSA) is 52.4 Å². The summed E-state index contributed by atoms with van der Waals surface area (Å²) in [6, 6.07) is 3.30. The quantitative estimate of drug-likeness (QED) is 0.491. The average Bonchev–Trinajstić information content (AvgIpc) is 2.31. The van der Waals surface area contributed by atoms with Crippen molar-refractivity contribution in [3.8, 4) is 5.75 Å². The van der Waals surface area contributed by atoms with Crippen molar-refractivity contribution in [3.05, 3.63) is 33.4 Å². The Bertz CT molecular complexity index is 460. The first-order valence-electron chi connectivity index (χ1n) is 6.36. The number of benzene rings is 1. The summed E-state index contributed by atoms with van der Waals surface area (Å²) in [5, 5.41) is 10.9. The number of hydrogen-bond acceptors (Lipinski definition) is 4. The van der Waals surface area contributed by atoms with Crippen LogP contribution < -0.4 is 4.74 Å². The summed E-state index contributed by atoms with van der Waals surface area (Å²) in [6.07, 6.45) is 0. The Morgan fingerprint density at radius 2 is 1.95 bits per heavy atom. The molecule has 0 aliphatic carbocycles. The molecule has 0 radical (unpaired) electrons. The second kappa shape index (κ2) is 6.80. The number of nitro groups is 1. The lowest BCUT2D eigenvalue weighted by molar-refractivity contribution is -0.385. The number of thiol groups is 1. The van der Waals surface area contributed by atoms with Gasteiger partial charge in [-0.1, -0.05) is 13.8 Å². The van der Waals surface area contributed by atoms with Crippen molar-refractivity contribution in [2.75, 3.05) is 12.4 Å². The van der Waals surface area contributed by atoms with E-state index in [1.807, 2.05) is 6.92 Å². The van der Waals surface area contributed by atoms with Crippen LogP contribution in [0.4, 0.5) is 5.69 Å². The van der Waals surface area contributed by atoms with Gasteiger partial charge in [-0.15, -0.1) is 0 Å². The zero-order valence-corrected chi connectivity index (χ0v) is 12.7. The summed E-state index contributed by atoms with van der Waals surface area (Å²) in [5.74, 6) is 2.14. The summed E-state index contributed by atoms with van der Waals surface area (Å²) < 4.78 is 5.74. The van der Waals surface area contributed by atoms with Crippen molar-refractivity contribution in [2.45, 2.75) is 27.7 Å². The molecule has 0 heterocycles. The highest BCUT2D eigenvalue weighted by Gasteiger charge is 2.17. The first kappa shape index (κ1) is 15.8. The minimum Gasteiger partial charge on any atom is -0.493 e. The molecule has 0 fully saturated rings. The third-order valence-electron chi connectivity index (χ3n) is 3.32. The molecule has 106 valence electrons. The SMILES string of the molecule is Cc1cc(C)c([N+](=O)[O-])cc1OCC(CS)C(C)C. The highest BCUT2D eigenvalue weighted by Crippen LogP contribution is 2.28. The van der Waals surface area contributed by atoms with E-state index in [9.17, 15) is 10.1 Å².